The SMILES string of the molecule is CCOC(=O)c1ccc(CNc2nc(C)nc3[nH]cnc23)o1. The van der Waals surface area contributed by atoms with E-state index in [9.17, 15) is 4.79 Å². The average molecular weight is 301 g/mol. The molecule has 0 atom stereocenters. The van der Waals surface area contributed by atoms with Crippen LogP contribution in [0.2, 0.25) is 0 Å². The molecule has 0 amide bonds. The lowest BCUT2D eigenvalue weighted by Crippen LogP contribution is -2.04. The molecular weight excluding hydrogens is 286 g/mol. The highest BCUT2D eigenvalue weighted by Crippen LogP contribution is 2.18. The molecule has 0 aromatic carbocycles. The number of hydrogen-bond acceptors (Lipinski definition) is 7. The maximum absolute atomic E-state index is 11.5. The topological polar surface area (TPSA) is 106 Å². The molecule has 0 bridgehead atoms. The summed E-state index contributed by atoms with van der Waals surface area (Å²) in [5, 5.41) is 3.14. The number of anilines is 1. The van der Waals surface area contributed by atoms with Gasteiger partial charge in [-0.3, -0.25) is 0 Å². The number of aryl methyl sites for hydroxylation is 1. The van der Waals surface area contributed by atoms with Crippen molar-refractivity contribution >= 4 is 23.0 Å². The van der Waals surface area contributed by atoms with Crippen molar-refractivity contribution in [3.8, 4) is 0 Å². The highest BCUT2D eigenvalue weighted by Gasteiger charge is 2.13. The monoisotopic (exact) mass is 301 g/mol. The van der Waals surface area contributed by atoms with Crippen LogP contribution >= 0.6 is 0 Å². The van der Waals surface area contributed by atoms with E-state index in [0.29, 0.717) is 41.7 Å². The van der Waals surface area contributed by atoms with Crippen molar-refractivity contribution in [3.05, 3.63) is 35.8 Å². The van der Waals surface area contributed by atoms with Crippen LogP contribution in [-0.4, -0.2) is 32.5 Å². The van der Waals surface area contributed by atoms with Crippen LogP contribution in [0.4, 0.5) is 5.82 Å². The van der Waals surface area contributed by atoms with Crippen LogP contribution in [0.5, 0.6) is 0 Å². The molecule has 0 unspecified atom stereocenters. The maximum Gasteiger partial charge on any atom is 0.374 e. The van der Waals surface area contributed by atoms with Gasteiger partial charge in [-0.1, -0.05) is 0 Å². The van der Waals surface area contributed by atoms with Gasteiger partial charge in [-0.2, -0.15) is 0 Å². The maximum atomic E-state index is 11.5. The second kappa shape index (κ2) is 5.84. The number of fused-ring (bicyclic) bond motifs is 1. The number of rotatable bonds is 5. The quantitative estimate of drug-likeness (QED) is 0.694. The predicted molar refractivity (Wildman–Crippen MR) is 78.4 cm³/mol. The van der Waals surface area contributed by atoms with Gasteiger partial charge in [0.05, 0.1) is 19.5 Å². The number of nitrogens with zero attached hydrogens (tertiary/aromatic N) is 3. The first kappa shape index (κ1) is 14.1. The normalized spacial score (nSPS) is 10.8. The summed E-state index contributed by atoms with van der Waals surface area (Å²) >= 11 is 0. The Morgan fingerprint density at radius 2 is 2.27 bits per heavy atom. The van der Waals surface area contributed by atoms with E-state index in [1.807, 2.05) is 0 Å². The molecule has 114 valence electrons. The molecule has 2 N–H and O–H groups in total. The number of ether oxygens (including phenoxy) is 1. The molecule has 3 rings (SSSR count). The van der Waals surface area contributed by atoms with Crippen molar-refractivity contribution in [2.24, 2.45) is 0 Å². The standard InChI is InChI=1S/C14H15N5O3/c1-3-21-14(20)10-5-4-9(22-10)6-15-12-11-13(17-7-16-11)19-8(2)18-12/h4-5,7H,3,6H2,1-2H3,(H2,15,16,17,18,19). The van der Waals surface area contributed by atoms with Gasteiger partial charge in [-0.15, -0.1) is 0 Å². The van der Waals surface area contributed by atoms with E-state index >= 15 is 0 Å². The molecule has 8 nitrogen and oxygen atoms in total. The summed E-state index contributed by atoms with van der Waals surface area (Å²) in [5.74, 6) is 1.55. The first-order valence-corrected chi connectivity index (χ1v) is 6.84. The lowest BCUT2D eigenvalue weighted by Gasteiger charge is -2.05. The Morgan fingerprint density at radius 3 is 3.09 bits per heavy atom. The number of H-pyrrole nitrogens is 1. The molecule has 22 heavy (non-hydrogen) atoms. The summed E-state index contributed by atoms with van der Waals surface area (Å²) in [5.41, 5.74) is 1.32. The Labute approximate surface area is 125 Å². The molecule has 0 aliphatic rings. The van der Waals surface area contributed by atoms with Crippen LogP contribution in [0.25, 0.3) is 11.2 Å². The van der Waals surface area contributed by atoms with Gasteiger partial charge in [-0.05, 0) is 26.0 Å². The molecule has 3 aromatic rings. The zero-order valence-corrected chi connectivity index (χ0v) is 12.2. The first-order valence-electron chi connectivity index (χ1n) is 6.84. The van der Waals surface area contributed by atoms with Crippen LogP contribution in [0.3, 0.4) is 0 Å². The van der Waals surface area contributed by atoms with Crippen molar-refractivity contribution in [2.45, 2.75) is 20.4 Å². The van der Waals surface area contributed by atoms with Crippen molar-refractivity contribution < 1.29 is 13.9 Å². The third-order valence-electron chi connectivity index (χ3n) is 2.96. The summed E-state index contributed by atoms with van der Waals surface area (Å²) in [6, 6.07) is 3.30. The third-order valence-corrected chi connectivity index (χ3v) is 2.96. The van der Waals surface area contributed by atoms with E-state index in [2.05, 4.69) is 25.3 Å². The fourth-order valence-corrected chi connectivity index (χ4v) is 2.03. The lowest BCUT2D eigenvalue weighted by atomic mass is 10.4. The fraction of sp³-hybridized carbons (Fsp3) is 0.286. The number of carbonyl (C=O) groups is 1. The number of imidazole rings is 1. The number of furan rings is 1. The highest BCUT2D eigenvalue weighted by atomic mass is 16.5. The zero-order chi connectivity index (χ0) is 15.5. The molecule has 0 spiro atoms. The van der Waals surface area contributed by atoms with Crippen LogP contribution in [0, 0.1) is 6.92 Å². The molecule has 3 heterocycles. The van der Waals surface area contributed by atoms with Crippen molar-refractivity contribution in [3.63, 3.8) is 0 Å². The van der Waals surface area contributed by atoms with E-state index in [1.165, 1.54) is 0 Å². The van der Waals surface area contributed by atoms with Crippen molar-refractivity contribution in [2.75, 3.05) is 11.9 Å². The van der Waals surface area contributed by atoms with Gasteiger partial charge < -0.3 is 19.5 Å². The van der Waals surface area contributed by atoms with Gasteiger partial charge in [0, 0.05) is 0 Å². The minimum absolute atomic E-state index is 0.183. The number of nitrogens with one attached hydrogen (secondary N) is 2. The summed E-state index contributed by atoms with van der Waals surface area (Å²) in [4.78, 5) is 27.2. The number of hydrogen-bond donors (Lipinski definition) is 2. The number of aromatic nitrogens is 4. The Morgan fingerprint density at radius 1 is 1.41 bits per heavy atom. The molecule has 0 fully saturated rings. The summed E-state index contributed by atoms with van der Waals surface area (Å²) in [7, 11) is 0. The molecular formula is C14H15N5O3. The van der Waals surface area contributed by atoms with E-state index in [-0.39, 0.29) is 5.76 Å². The fourth-order valence-electron chi connectivity index (χ4n) is 2.03. The molecule has 3 aromatic heterocycles. The lowest BCUT2D eigenvalue weighted by molar-refractivity contribution is 0.0488. The highest BCUT2D eigenvalue weighted by molar-refractivity contribution is 5.86. The van der Waals surface area contributed by atoms with E-state index in [4.69, 9.17) is 9.15 Å². The zero-order valence-electron chi connectivity index (χ0n) is 12.2. The van der Waals surface area contributed by atoms with Crippen LogP contribution in [0.1, 0.15) is 29.1 Å². The van der Waals surface area contributed by atoms with E-state index in [1.54, 1.807) is 32.3 Å². The molecule has 0 aliphatic carbocycles. The van der Waals surface area contributed by atoms with Crippen molar-refractivity contribution in [1.29, 1.82) is 0 Å². The van der Waals surface area contributed by atoms with E-state index < -0.39 is 5.97 Å². The van der Waals surface area contributed by atoms with Gasteiger partial charge in [0.2, 0.25) is 5.76 Å². The Balaban J connectivity index is 1.74. The first-order chi connectivity index (χ1) is 10.7. The summed E-state index contributed by atoms with van der Waals surface area (Å²) in [6.07, 6.45) is 1.57. The Bertz CT molecular complexity index is 808. The molecule has 0 saturated carbocycles. The van der Waals surface area contributed by atoms with Gasteiger partial charge in [-0.25, -0.2) is 19.7 Å². The van der Waals surface area contributed by atoms with Gasteiger partial charge in [0.25, 0.3) is 0 Å². The second-order valence-corrected chi connectivity index (χ2v) is 4.56. The smallest absolute Gasteiger partial charge is 0.374 e. The molecule has 0 aliphatic heterocycles. The number of aromatic amines is 1. The Kier molecular flexibility index (Phi) is 3.73. The minimum Gasteiger partial charge on any atom is -0.460 e. The minimum atomic E-state index is -0.471. The summed E-state index contributed by atoms with van der Waals surface area (Å²) < 4.78 is 10.3. The Hall–Kier alpha value is -2.90. The van der Waals surface area contributed by atoms with E-state index in [0.717, 1.165) is 0 Å². The van der Waals surface area contributed by atoms with Gasteiger partial charge in [0.15, 0.2) is 11.5 Å². The molecule has 0 saturated heterocycles. The van der Waals surface area contributed by atoms with Crippen molar-refractivity contribution in [1.82, 2.24) is 19.9 Å². The summed E-state index contributed by atoms with van der Waals surface area (Å²) in [6.45, 7) is 4.23. The predicted octanol–water partition coefficient (Wildman–Crippen LogP) is 2.04. The number of esters is 1. The van der Waals surface area contributed by atoms with Crippen LogP contribution < -0.4 is 5.32 Å². The largest absolute Gasteiger partial charge is 0.460 e. The van der Waals surface area contributed by atoms with Gasteiger partial charge in [0.1, 0.15) is 17.1 Å². The van der Waals surface area contributed by atoms with Gasteiger partial charge >= 0.3 is 5.97 Å². The molecule has 8 heteroatoms. The number of carbonyl (C=O) groups excluding carboxylic acids is 1. The third kappa shape index (κ3) is 2.76. The van der Waals surface area contributed by atoms with Crippen LogP contribution in [0.15, 0.2) is 22.9 Å². The van der Waals surface area contributed by atoms with Crippen LogP contribution in [-0.2, 0) is 11.3 Å². The molecule has 0 radical (unpaired) electrons. The second-order valence-electron chi connectivity index (χ2n) is 4.56. The average Bonchev–Trinajstić information content (AvgIpc) is 3.13.